The number of unbranched alkanes of at least 4 members (excludes halogenated alkanes) is 3. The van der Waals surface area contributed by atoms with Gasteiger partial charge in [0.2, 0.25) is 0 Å². The molecule has 0 radical (unpaired) electrons. The topological polar surface area (TPSA) is 66.8 Å². The van der Waals surface area contributed by atoms with Gasteiger partial charge in [-0.3, -0.25) is 4.52 Å². The van der Waals surface area contributed by atoms with Crippen molar-refractivity contribution in [3.8, 4) is 0 Å². The molecular weight excluding hydrogens is 250 g/mol. The molecule has 0 saturated heterocycles. The van der Waals surface area contributed by atoms with Crippen LogP contribution in [0.3, 0.4) is 0 Å². The van der Waals surface area contributed by atoms with Crippen LogP contribution in [0.2, 0.25) is 0 Å². The van der Waals surface area contributed by atoms with Gasteiger partial charge >= 0.3 is 37.4 Å². The van der Waals surface area contributed by atoms with E-state index in [9.17, 15) is 4.57 Å². The van der Waals surface area contributed by atoms with Crippen LogP contribution in [0.5, 0.6) is 0 Å². The molecule has 0 heterocycles. The summed E-state index contributed by atoms with van der Waals surface area (Å²) in [5, 5.41) is 0. The predicted molar refractivity (Wildman–Crippen MR) is 72.3 cm³/mol. The summed E-state index contributed by atoms with van der Waals surface area (Å²) in [5.74, 6) is 0.802. The van der Waals surface area contributed by atoms with Crippen molar-refractivity contribution in [2.45, 2.75) is 58.8 Å². The number of hydrogen-bond donors (Lipinski definition) is 2. The van der Waals surface area contributed by atoms with Crippen LogP contribution >= 0.6 is 7.82 Å². The Balaban J connectivity index is 0. The van der Waals surface area contributed by atoms with Crippen molar-refractivity contribution in [3.05, 3.63) is 0 Å². The molecule has 0 amide bonds. The fourth-order valence-corrected chi connectivity index (χ4v) is 2.14. The molecule has 0 aliphatic heterocycles. The third-order valence-electron chi connectivity index (χ3n) is 2.63. The fraction of sp³-hybridized carbons (Fsp3) is 1.00. The van der Waals surface area contributed by atoms with Gasteiger partial charge in [0.25, 0.3) is 0 Å². The zero-order chi connectivity index (χ0) is 12.4. The number of phosphoric acid groups is 1. The molecule has 0 aliphatic carbocycles. The summed E-state index contributed by atoms with van der Waals surface area (Å²) < 4.78 is 14.7. The molecule has 0 aliphatic rings. The van der Waals surface area contributed by atoms with Gasteiger partial charge < -0.3 is 9.79 Å². The van der Waals surface area contributed by atoms with Gasteiger partial charge in [-0.1, -0.05) is 52.4 Å². The van der Waals surface area contributed by atoms with Crippen LogP contribution in [-0.4, -0.2) is 46.0 Å². The first-order valence-electron chi connectivity index (χ1n) is 6.15. The molecule has 2 N–H and O–H groups in total. The number of hydrogen-bond acceptors (Lipinski definition) is 2. The molecular formula is C11H26NaO4P. The molecule has 0 rings (SSSR count). The summed E-state index contributed by atoms with van der Waals surface area (Å²) in [5.41, 5.74) is 0. The van der Waals surface area contributed by atoms with Gasteiger partial charge in [-0.05, 0) is 12.3 Å². The van der Waals surface area contributed by atoms with E-state index >= 15 is 0 Å². The second-order valence-electron chi connectivity index (χ2n) is 4.42. The normalized spacial score (nSPS) is 13.2. The average molecular weight is 276 g/mol. The van der Waals surface area contributed by atoms with Gasteiger partial charge in [0.15, 0.2) is 0 Å². The van der Waals surface area contributed by atoms with E-state index in [-0.39, 0.29) is 36.2 Å². The summed E-state index contributed by atoms with van der Waals surface area (Å²) in [6.07, 6.45) is 7.84. The van der Waals surface area contributed by atoms with Gasteiger partial charge in [-0.25, -0.2) is 4.57 Å². The molecule has 4 nitrogen and oxygen atoms in total. The Bertz CT molecular complexity index is 208. The standard InChI is InChI=1S/C11H25O4P.Na.H/c1-3-8-11(2)9-6-4-5-7-10-15-16(12,13)14;;/h11H,3-10H2,1-2H3,(H2,12,13,14);;. The number of phosphoric ester groups is 1. The molecule has 0 bridgehead atoms. The molecule has 1 atom stereocenters. The van der Waals surface area contributed by atoms with Crippen LogP contribution in [0.15, 0.2) is 0 Å². The van der Waals surface area contributed by atoms with Crippen LogP contribution in [0, 0.1) is 5.92 Å². The Hall–Kier alpha value is 1.11. The van der Waals surface area contributed by atoms with Gasteiger partial charge in [-0.15, -0.1) is 0 Å². The molecule has 100 valence electrons. The molecule has 0 aromatic rings. The monoisotopic (exact) mass is 276 g/mol. The molecule has 6 heteroatoms. The molecule has 0 aromatic carbocycles. The first-order valence-corrected chi connectivity index (χ1v) is 7.69. The van der Waals surface area contributed by atoms with Crippen LogP contribution in [0.25, 0.3) is 0 Å². The Kier molecular flexibility index (Phi) is 14.6. The quantitative estimate of drug-likeness (QED) is 0.366. The van der Waals surface area contributed by atoms with E-state index in [0.29, 0.717) is 0 Å². The maximum atomic E-state index is 10.4. The maximum absolute atomic E-state index is 10.4. The SMILES string of the molecule is CCCC(C)CCCCCCOP(=O)(O)O.[NaH]. The third-order valence-corrected chi connectivity index (χ3v) is 3.15. The zero-order valence-corrected chi connectivity index (χ0v) is 11.3. The fourth-order valence-electron chi connectivity index (χ4n) is 1.77. The van der Waals surface area contributed by atoms with Crippen LogP contribution in [0.1, 0.15) is 58.8 Å². The Morgan fingerprint density at radius 3 is 2.24 bits per heavy atom. The van der Waals surface area contributed by atoms with Crippen molar-refractivity contribution in [2.24, 2.45) is 5.92 Å². The number of rotatable bonds is 10. The van der Waals surface area contributed by atoms with Crippen LogP contribution in [0.4, 0.5) is 0 Å². The molecule has 0 aromatic heterocycles. The van der Waals surface area contributed by atoms with Gasteiger partial charge in [0.05, 0.1) is 6.61 Å². The van der Waals surface area contributed by atoms with Crippen LogP contribution in [-0.2, 0) is 9.09 Å². The van der Waals surface area contributed by atoms with Crippen molar-refractivity contribution in [3.63, 3.8) is 0 Å². The van der Waals surface area contributed by atoms with Crippen LogP contribution < -0.4 is 0 Å². The zero-order valence-electron chi connectivity index (χ0n) is 10.4. The van der Waals surface area contributed by atoms with Gasteiger partial charge in [0, 0.05) is 0 Å². The molecule has 0 saturated carbocycles. The molecule has 17 heavy (non-hydrogen) atoms. The Morgan fingerprint density at radius 2 is 1.71 bits per heavy atom. The summed E-state index contributed by atoms with van der Waals surface area (Å²) >= 11 is 0. The van der Waals surface area contributed by atoms with E-state index in [2.05, 4.69) is 18.4 Å². The second kappa shape index (κ2) is 12.2. The second-order valence-corrected chi connectivity index (χ2v) is 5.66. The third kappa shape index (κ3) is 17.1. The predicted octanol–water partition coefficient (Wildman–Crippen LogP) is 2.83. The van der Waals surface area contributed by atoms with Crippen molar-refractivity contribution < 1.29 is 18.9 Å². The first-order chi connectivity index (χ1) is 7.45. The minimum atomic E-state index is -4.25. The minimum absolute atomic E-state index is 0. The summed E-state index contributed by atoms with van der Waals surface area (Å²) in [7, 11) is -4.25. The van der Waals surface area contributed by atoms with E-state index in [1.54, 1.807) is 0 Å². The average Bonchev–Trinajstić information content (AvgIpc) is 2.15. The molecule has 0 spiro atoms. The summed E-state index contributed by atoms with van der Waals surface area (Å²) in [4.78, 5) is 16.9. The van der Waals surface area contributed by atoms with Crippen molar-refractivity contribution in [1.82, 2.24) is 0 Å². The first kappa shape index (κ1) is 20.4. The Labute approximate surface area is 127 Å². The van der Waals surface area contributed by atoms with E-state index in [0.717, 1.165) is 25.2 Å². The van der Waals surface area contributed by atoms with E-state index in [1.165, 1.54) is 25.7 Å². The van der Waals surface area contributed by atoms with Crippen molar-refractivity contribution in [2.75, 3.05) is 6.61 Å². The summed E-state index contributed by atoms with van der Waals surface area (Å²) in [6.45, 7) is 4.64. The molecule has 0 fully saturated rings. The van der Waals surface area contributed by atoms with Gasteiger partial charge in [0.1, 0.15) is 0 Å². The van der Waals surface area contributed by atoms with E-state index in [4.69, 9.17) is 9.79 Å². The van der Waals surface area contributed by atoms with Gasteiger partial charge in [-0.2, -0.15) is 0 Å². The van der Waals surface area contributed by atoms with Crippen molar-refractivity contribution in [1.29, 1.82) is 0 Å². The van der Waals surface area contributed by atoms with Crippen molar-refractivity contribution >= 4 is 37.4 Å². The molecule has 1 unspecified atom stereocenters. The summed E-state index contributed by atoms with van der Waals surface area (Å²) in [6, 6.07) is 0. The van der Waals surface area contributed by atoms with E-state index < -0.39 is 7.82 Å². The Morgan fingerprint density at radius 1 is 1.12 bits per heavy atom. The van der Waals surface area contributed by atoms with E-state index in [1.807, 2.05) is 0 Å².